The summed E-state index contributed by atoms with van der Waals surface area (Å²) in [7, 11) is 0. The number of halogens is 2. The van der Waals surface area contributed by atoms with Gasteiger partial charge < -0.3 is 10.6 Å². The van der Waals surface area contributed by atoms with Gasteiger partial charge in [-0.2, -0.15) is 0 Å². The second-order valence-corrected chi connectivity index (χ2v) is 6.89. The maximum atomic E-state index is 13.2. The third kappa shape index (κ3) is 4.37. The van der Waals surface area contributed by atoms with Crippen LogP contribution in [0, 0.1) is 25.1 Å². The van der Waals surface area contributed by atoms with E-state index in [0.717, 1.165) is 17.2 Å². The summed E-state index contributed by atoms with van der Waals surface area (Å²) < 4.78 is 13.2. The molecule has 0 spiro atoms. The lowest BCUT2D eigenvalue weighted by Gasteiger charge is -2.23. The van der Waals surface area contributed by atoms with E-state index in [0.29, 0.717) is 11.4 Å². The van der Waals surface area contributed by atoms with Crippen molar-refractivity contribution in [3.05, 3.63) is 58.4 Å². The normalized spacial score (nSPS) is 11.1. The summed E-state index contributed by atoms with van der Waals surface area (Å²) >= 11 is 5.71. The van der Waals surface area contributed by atoms with Crippen LogP contribution in [0.25, 0.3) is 0 Å². The number of carbonyl (C=O) groups excluding carboxylic acids is 2. The molecule has 0 heterocycles. The topological polar surface area (TPSA) is 58.2 Å². The number of carbonyl (C=O) groups is 2. The highest BCUT2D eigenvalue weighted by Crippen LogP contribution is 2.25. The Morgan fingerprint density at radius 2 is 1.64 bits per heavy atom. The van der Waals surface area contributed by atoms with Crippen molar-refractivity contribution in [2.24, 2.45) is 5.41 Å². The molecule has 2 aromatic rings. The molecule has 0 radical (unpaired) electrons. The zero-order chi connectivity index (χ0) is 18.8. The molecule has 4 nitrogen and oxygen atoms in total. The molecule has 2 rings (SSSR count). The summed E-state index contributed by atoms with van der Waals surface area (Å²) in [5.41, 5.74) is 1.56. The molecule has 25 heavy (non-hydrogen) atoms. The van der Waals surface area contributed by atoms with E-state index < -0.39 is 23.0 Å². The first-order chi connectivity index (χ1) is 11.6. The lowest BCUT2D eigenvalue weighted by Crippen LogP contribution is -2.41. The average Bonchev–Trinajstić information content (AvgIpc) is 2.54. The third-order valence-electron chi connectivity index (χ3n) is 3.95. The Balaban J connectivity index is 2.15. The van der Waals surface area contributed by atoms with Crippen LogP contribution >= 0.6 is 11.6 Å². The van der Waals surface area contributed by atoms with Crippen LogP contribution < -0.4 is 10.6 Å². The van der Waals surface area contributed by atoms with E-state index in [1.807, 2.05) is 32.0 Å². The molecule has 0 saturated carbocycles. The van der Waals surface area contributed by atoms with Gasteiger partial charge in [-0.15, -0.1) is 0 Å². The van der Waals surface area contributed by atoms with Crippen LogP contribution in [0.3, 0.4) is 0 Å². The number of hydrogen-bond donors (Lipinski definition) is 2. The minimum absolute atomic E-state index is 0.101. The number of nitrogens with one attached hydrogen (secondary N) is 2. The van der Waals surface area contributed by atoms with Gasteiger partial charge in [0, 0.05) is 11.4 Å². The first kappa shape index (κ1) is 18.9. The van der Waals surface area contributed by atoms with Crippen LogP contribution in [-0.2, 0) is 9.59 Å². The van der Waals surface area contributed by atoms with Crippen molar-refractivity contribution >= 4 is 34.8 Å². The Bertz CT molecular complexity index is 834. The Hall–Kier alpha value is -2.40. The summed E-state index contributed by atoms with van der Waals surface area (Å²) in [6, 6.07) is 9.53. The van der Waals surface area contributed by atoms with Gasteiger partial charge in [0.2, 0.25) is 11.8 Å². The predicted molar refractivity (Wildman–Crippen MR) is 98.4 cm³/mol. The fraction of sp³-hybridized carbons (Fsp3) is 0.263. The average molecular weight is 363 g/mol. The number of amides is 2. The Morgan fingerprint density at radius 1 is 1.00 bits per heavy atom. The van der Waals surface area contributed by atoms with Gasteiger partial charge in [0.1, 0.15) is 11.2 Å². The molecule has 0 aliphatic rings. The molecular weight excluding hydrogens is 343 g/mol. The highest BCUT2D eigenvalue weighted by atomic mass is 35.5. The van der Waals surface area contributed by atoms with E-state index in [4.69, 9.17) is 11.6 Å². The monoisotopic (exact) mass is 362 g/mol. The molecule has 2 N–H and O–H groups in total. The van der Waals surface area contributed by atoms with Gasteiger partial charge in [0.25, 0.3) is 0 Å². The maximum Gasteiger partial charge on any atom is 0.239 e. The SMILES string of the molecule is Cc1ccc(C)c(NC(=O)C(C)(C)C(=O)Nc2ccc(F)c(Cl)c2)c1. The first-order valence-corrected chi connectivity index (χ1v) is 8.14. The Labute approximate surface area is 151 Å². The predicted octanol–water partition coefficient (Wildman–Crippen LogP) is 4.70. The number of rotatable bonds is 4. The van der Waals surface area contributed by atoms with E-state index >= 15 is 0 Å². The molecule has 0 fully saturated rings. The van der Waals surface area contributed by atoms with Gasteiger partial charge in [-0.25, -0.2) is 4.39 Å². The molecule has 2 amide bonds. The zero-order valence-electron chi connectivity index (χ0n) is 14.5. The van der Waals surface area contributed by atoms with Crippen molar-refractivity contribution in [3.63, 3.8) is 0 Å². The summed E-state index contributed by atoms with van der Waals surface area (Å²) in [5.74, 6) is -1.53. The van der Waals surface area contributed by atoms with Crippen molar-refractivity contribution in [1.82, 2.24) is 0 Å². The van der Waals surface area contributed by atoms with Crippen molar-refractivity contribution in [1.29, 1.82) is 0 Å². The summed E-state index contributed by atoms with van der Waals surface area (Å²) in [4.78, 5) is 25.1. The van der Waals surface area contributed by atoms with Crippen molar-refractivity contribution in [2.45, 2.75) is 27.7 Å². The van der Waals surface area contributed by atoms with Crippen molar-refractivity contribution < 1.29 is 14.0 Å². The quantitative estimate of drug-likeness (QED) is 0.774. The molecule has 0 atom stereocenters. The van der Waals surface area contributed by atoms with Gasteiger partial charge in [0.15, 0.2) is 0 Å². The van der Waals surface area contributed by atoms with E-state index in [-0.39, 0.29) is 5.02 Å². The molecule has 6 heteroatoms. The molecule has 0 saturated heterocycles. The highest BCUT2D eigenvalue weighted by Gasteiger charge is 2.36. The van der Waals surface area contributed by atoms with Crippen LogP contribution in [-0.4, -0.2) is 11.8 Å². The largest absolute Gasteiger partial charge is 0.325 e. The van der Waals surface area contributed by atoms with Gasteiger partial charge >= 0.3 is 0 Å². The summed E-state index contributed by atoms with van der Waals surface area (Å²) in [6.07, 6.45) is 0. The first-order valence-electron chi connectivity index (χ1n) is 7.76. The van der Waals surface area contributed by atoms with E-state index in [2.05, 4.69) is 10.6 Å². The van der Waals surface area contributed by atoms with Gasteiger partial charge in [-0.05, 0) is 63.1 Å². The standard InChI is InChI=1S/C19H20ClFN2O2/c1-11-5-6-12(2)16(9-11)23-18(25)19(3,4)17(24)22-13-7-8-15(21)14(20)10-13/h5-10H,1-4H3,(H,22,24)(H,23,25). The van der Waals surface area contributed by atoms with E-state index in [1.54, 1.807) is 0 Å². The van der Waals surface area contributed by atoms with Gasteiger partial charge in [-0.1, -0.05) is 23.7 Å². The highest BCUT2D eigenvalue weighted by molar-refractivity contribution is 6.31. The molecule has 0 bridgehead atoms. The van der Waals surface area contributed by atoms with Crippen LogP contribution in [0.1, 0.15) is 25.0 Å². The van der Waals surface area contributed by atoms with Crippen LogP contribution in [0.5, 0.6) is 0 Å². The van der Waals surface area contributed by atoms with Gasteiger partial charge in [0.05, 0.1) is 5.02 Å². The second kappa shape index (κ2) is 7.23. The fourth-order valence-corrected chi connectivity index (χ4v) is 2.29. The van der Waals surface area contributed by atoms with Crippen LogP contribution in [0.4, 0.5) is 15.8 Å². The number of aryl methyl sites for hydroxylation is 2. The van der Waals surface area contributed by atoms with Crippen LogP contribution in [0.15, 0.2) is 36.4 Å². The summed E-state index contributed by atoms with van der Waals surface area (Å²) in [6.45, 7) is 6.84. The lowest BCUT2D eigenvalue weighted by molar-refractivity contribution is -0.135. The smallest absolute Gasteiger partial charge is 0.239 e. The van der Waals surface area contributed by atoms with Crippen molar-refractivity contribution in [2.75, 3.05) is 10.6 Å². The maximum absolute atomic E-state index is 13.2. The molecule has 0 unspecified atom stereocenters. The number of hydrogen-bond acceptors (Lipinski definition) is 2. The van der Waals surface area contributed by atoms with Crippen molar-refractivity contribution in [3.8, 4) is 0 Å². The molecule has 0 aliphatic heterocycles. The van der Waals surface area contributed by atoms with Gasteiger partial charge in [-0.3, -0.25) is 9.59 Å². The number of anilines is 2. The third-order valence-corrected chi connectivity index (χ3v) is 4.24. The second-order valence-electron chi connectivity index (χ2n) is 6.48. The molecule has 2 aromatic carbocycles. The van der Waals surface area contributed by atoms with E-state index in [1.165, 1.54) is 26.0 Å². The molecule has 132 valence electrons. The fourth-order valence-electron chi connectivity index (χ4n) is 2.11. The van der Waals surface area contributed by atoms with Crippen LogP contribution in [0.2, 0.25) is 5.02 Å². The molecule has 0 aliphatic carbocycles. The Kier molecular flexibility index (Phi) is 5.48. The molecular formula is C19H20ClFN2O2. The lowest BCUT2D eigenvalue weighted by atomic mass is 9.90. The molecule has 0 aromatic heterocycles. The summed E-state index contributed by atoms with van der Waals surface area (Å²) in [5, 5.41) is 5.28. The minimum Gasteiger partial charge on any atom is -0.325 e. The zero-order valence-corrected chi connectivity index (χ0v) is 15.3. The number of benzene rings is 2. The van der Waals surface area contributed by atoms with E-state index in [9.17, 15) is 14.0 Å². The minimum atomic E-state index is -1.34. The Morgan fingerprint density at radius 3 is 2.28 bits per heavy atom.